The third kappa shape index (κ3) is 3.81. The average molecular weight is 410 g/mol. The van der Waals surface area contributed by atoms with Gasteiger partial charge in [0.05, 0.1) is 10.0 Å². The molecular weight excluding hydrogens is 399 g/mol. The van der Waals surface area contributed by atoms with E-state index in [1.165, 1.54) is 12.1 Å². The molecule has 1 unspecified atom stereocenters. The largest absolute Gasteiger partial charge is 0.324 e. The first kappa shape index (κ1) is 15.0. The first-order chi connectivity index (χ1) is 8.97. The van der Waals surface area contributed by atoms with Gasteiger partial charge in [0.25, 0.3) is 0 Å². The van der Waals surface area contributed by atoms with Crippen LogP contribution in [0.1, 0.15) is 17.2 Å². The topological polar surface area (TPSA) is 26.0 Å². The Morgan fingerprint density at radius 3 is 2.47 bits per heavy atom. The predicted molar refractivity (Wildman–Crippen MR) is 86.2 cm³/mol. The molecule has 0 amide bonds. The molecule has 1 nitrogen and oxygen atoms in total. The lowest BCUT2D eigenvalue weighted by atomic mass is 10.00. The highest BCUT2D eigenvalue weighted by Crippen LogP contribution is 2.26. The van der Waals surface area contributed by atoms with Crippen LogP contribution >= 0.6 is 45.8 Å². The highest BCUT2D eigenvalue weighted by molar-refractivity contribution is 14.1. The fraction of sp³-hybridized carbons (Fsp3) is 0.143. The molecule has 1 atom stereocenters. The van der Waals surface area contributed by atoms with Crippen LogP contribution in [0.5, 0.6) is 0 Å². The number of hydrogen-bond donors (Lipinski definition) is 1. The van der Waals surface area contributed by atoms with Crippen molar-refractivity contribution in [3.63, 3.8) is 0 Å². The number of hydrogen-bond acceptors (Lipinski definition) is 1. The normalized spacial score (nSPS) is 12.5. The Morgan fingerprint density at radius 2 is 1.84 bits per heavy atom. The van der Waals surface area contributed by atoms with Gasteiger partial charge in [0, 0.05) is 9.61 Å². The highest BCUT2D eigenvalue weighted by atomic mass is 127. The molecule has 0 aromatic heterocycles. The summed E-state index contributed by atoms with van der Waals surface area (Å²) in [6.45, 7) is 0. The van der Waals surface area contributed by atoms with Gasteiger partial charge in [-0.05, 0) is 64.4 Å². The Balaban J connectivity index is 2.20. The maximum Gasteiger partial charge on any atom is 0.124 e. The second-order valence-electron chi connectivity index (χ2n) is 4.22. The van der Waals surface area contributed by atoms with E-state index in [2.05, 4.69) is 22.6 Å². The molecule has 0 bridgehead atoms. The minimum atomic E-state index is -0.255. The van der Waals surface area contributed by atoms with E-state index in [9.17, 15) is 4.39 Å². The van der Waals surface area contributed by atoms with Crippen LogP contribution in [0, 0.1) is 9.39 Å². The van der Waals surface area contributed by atoms with E-state index in [0.717, 1.165) is 14.7 Å². The van der Waals surface area contributed by atoms with Crippen molar-refractivity contribution in [1.29, 1.82) is 0 Å². The van der Waals surface area contributed by atoms with Crippen LogP contribution in [0.2, 0.25) is 10.0 Å². The van der Waals surface area contributed by atoms with Crippen molar-refractivity contribution in [1.82, 2.24) is 0 Å². The molecule has 0 aliphatic carbocycles. The molecule has 0 spiro atoms. The summed E-state index contributed by atoms with van der Waals surface area (Å²) in [7, 11) is 0. The van der Waals surface area contributed by atoms with E-state index in [-0.39, 0.29) is 11.9 Å². The van der Waals surface area contributed by atoms with Crippen molar-refractivity contribution in [2.24, 2.45) is 5.73 Å². The summed E-state index contributed by atoms with van der Waals surface area (Å²) in [5, 5.41) is 1.04. The maximum atomic E-state index is 13.1. The first-order valence-corrected chi connectivity index (χ1v) is 7.45. The van der Waals surface area contributed by atoms with Crippen molar-refractivity contribution >= 4 is 45.8 Å². The molecule has 0 fully saturated rings. The maximum absolute atomic E-state index is 13.1. The number of rotatable bonds is 3. The van der Waals surface area contributed by atoms with Crippen LogP contribution in [0.25, 0.3) is 0 Å². The predicted octanol–water partition coefficient (Wildman–Crippen LogP) is 4.98. The molecule has 2 N–H and O–H groups in total. The van der Waals surface area contributed by atoms with E-state index in [1.807, 2.05) is 6.07 Å². The van der Waals surface area contributed by atoms with E-state index < -0.39 is 0 Å². The smallest absolute Gasteiger partial charge is 0.124 e. The molecule has 2 rings (SSSR count). The molecule has 2 aromatic carbocycles. The van der Waals surface area contributed by atoms with Gasteiger partial charge in [-0.15, -0.1) is 0 Å². The first-order valence-electron chi connectivity index (χ1n) is 5.62. The second-order valence-corrected chi connectivity index (χ2v) is 6.20. The zero-order valence-electron chi connectivity index (χ0n) is 9.84. The van der Waals surface area contributed by atoms with Gasteiger partial charge >= 0.3 is 0 Å². The molecule has 5 heteroatoms. The van der Waals surface area contributed by atoms with Gasteiger partial charge < -0.3 is 5.73 Å². The van der Waals surface area contributed by atoms with Gasteiger partial charge in [0.15, 0.2) is 0 Å². The van der Waals surface area contributed by atoms with Crippen LogP contribution in [-0.4, -0.2) is 0 Å². The summed E-state index contributed by atoms with van der Waals surface area (Å²) in [6.07, 6.45) is 0.624. The van der Waals surface area contributed by atoms with Gasteiger partial charge in [0.1, 0.15) is 5.82 Å². The number of benzene rings is 2. The Kier molecular flexibility index (Phi) is 5.06. The number of halogens is 4. The zero-order chi connectivity index (χ0) is 14.0. The minimum Gasteiger partial charge on any atom is -0.324 e. The van der Waals surface area contributed by atoms with Crippen LogP contribution in [0.3, 0.4) is 0 Å². The standard InChI is InChI=1S/C14H11Cl2FIN/c15-11-4-1-8(5-12(11)16)6-14(19)10-3-2-9(17)7-13(10)18/h1-5,7,14H,6,19H2. The molecule has 0 aliphatic rings. The van der Waals surface area contributed by atoms with Crippen LogP contribution < -0.4 is 5.73 Å². The molecular formula is C14H11Cl2FIN. The lowest BCUT2D eigenvalue weighted by Gasteiger charge is -2.14. The third-order valence-corrected chi connectivity index (χ3v) is 4.47. The van der Waals surface area contributed by atoms with E-state index in [0.29, 0.717) is 16.5 Å². The Hall–Kier alpha value is -0.360. The van der Waals surface area contributed by atoms with Gasteiger partial charge in [-0.25, -0.2) is 4.39 Å². The molecule has 100 valence electrons. The fourth-order valence-corrected chi connectivity index (χ4v) is 3.03. The summed E-state index contributed by atoms with van der Waals surface area (Å²) < 4.78 is 13.9. The van der Waals surface area contributed by atoms with Crippen molar-refractivity contribution in [3.8, 4) is 0 Å². The Morgan fingerprint density at radius 1 is 1.11 bits per heavy atom. The third-order valence-electron chi connectivity index (χ3n) is 2.80. The summed E-state index contributed by atoms with van der Waals surface area (Å²) in [4.78, 5) is 0. The van der Waals surface area contributed by atoms with Crippen LogP contribution in [0.4, 0.5) is 4.39 Å². The van der Waals surface area contributed by atoms with Crippen molar-refractivity contribution in [3.05, 3.63) is 67.0 Å². The summed E-state index contributed by atoms with van der Waals surface area (Å²) in [5.41, 5.74) is 8.09. The summed E-state index contributed by atoms with van der Waals surface area (Å²) in [5.74, 6) is -0.255. The molecule has 0 saturated carbocycles. The van der Waals surface area contributed by atoms with Crippen LogP contribution in [0.15, 0.2) is 36.4 Å². The summed E-state index contributed by atoms with van der Waals surface area (Å²) in [6, 6.07) is 9.87. The van der Waals surface area contributed by atoms with Gasteiger partial charge in [-0.2, -0.15) is 0 Å². The van der Waals surface area contributed by atoms with Crippen LogP contribution in [-0.2, 0) is 6.42 Å². The average Bonchev–Trinajstić information content (AvgIpc) is 2.33. The number of nitrogens with two attached hydrogens (primary N) is 1. The van der Waals surface area contributed by atoms with Crippen molar-refractivity contribution in [2.45, 2.75) is 12.5 Å². The van der Waals surface area contributed by atoms with Gasteiger partial charge in [0.2, 0.25) is 0 Å². The minimum absolute atomic E-state index is 0.204. The fourth-order valence-electron chi connectivity index (χ4n) is 1.83. The molecule has 0 radical (unpaired) electrons. The molecule has 19 heavy (non-hydrogen) atoms. The van der Waals surface area contributed by atoms with E-state index >= 15 is 0 Å². The summed E-state index contributed by atoms with van der Waals surface area (Å²) >= 11 is 13.9. The quantitative estimate of drug-likeness (QED) is 0.711. The lowest BCUT2D eigenvalue weighted by molar-refractivity contribution is 0.622. The van der Waals surface area contributed by atoms with Gasteiger partial charge in [-0.3, -0.25) is 0 Å². The lowest BCUT2D eigenvalue weighted by Crippen LogP contribution is -2.14. The van der Waals surface area contributed by atoms with E-state index in [1.54, 1.807) is 18.2 Å². The van der Waals surface area contributed by atoms with Crippen molar-refractivity contribution < 1.29 is 4.39 Å². The Labute approximate surface area is 135 Å². The molecule has 0 saturated heterocycles. The monoisotopic (exact) mass is 409 g/mol. The molecule has 2 aromatic rings. The van der Waals surface area contributed by atoms with E-state index in [4.69, 9.17) is 28.9 Å². The molecule has 0 heterocycles. The second kappa shape index (κ2) is 6.39. The zero-order valence-corrected chi connectivity index (χ0v) is 13.5. The highest BCUT2D eigenvalue weighted by Gasteiger charge is 2.12. The SMILES string of the molecule is NC(Cc1ccc(Cl)c(Cl)c1)c1ccc(F)cc1I. The van der Waals surface area contributed by atoms with Gasteiger partial charge in [-0.1, -0.05) is 35.3 Å². The molecule has 0 aliphatic heterocycles. The van der Waals surface area contributed by atoms with Crippen molar-refractivity contribution in [2.75, 3.05) is 0 Å². The Bertz CT molecular complexity index is 604.